The van der Waals surface area contributed by atoms with Gasteiger partial charge < -0.3 is 26.6 Å². The summed E-state index contributed by atoms with van der Waals surface area (Å²) in [6.07, 6.45) is 1.43. The quantitative estimate of drug-likeness (QED) is 0.533. The number of rotatable bonds is 5. The number of aromatic nitrogens is 3. The van der Waals surface area contributed by atoms with Crippen LogP contribution < -0.4 is 26.6 Å². The lowest BCUT2D eigenvalue weighted by Crippen LogP contribution is -2.43. The number of imidazole rings is 1. The molecule has 4 rings (SSSR count). The predicted octanol–water partition coefficient (Wildman–Crippen LogP) is 1.02. The molecular weight excluding hydrogens is 344 g/mol. The normalized spacial score (nSPS) is 14.3. The second-order valence-corrected chi connectivity index (χ2v) is 6.35. The third-order valence-electron chi connectivity index (χ3n) is 4.59. The molecular formula is C18H22N8O. The van der Waals surface area contributed by atoms with E-state index in [1.807, 2.05) is 18.2 Å². The number of nitrogens with two attached hydrogens (primary N) is 1. The molecule has 9 nitrogen and oxygen atoms in total. The smallest absolute Gasteiger partial charge is 0.269 e. The fourth-order valence-electron chi connectivity index (χ4n) is 3.23. The molecule has 0 atom stereocenters. The molecule has 5 N–H and O–H groups in total. The first-order valence-electron chi connectivity index (χ1n) is 8.85. The largest absolute Gasteiger partial charge is 0.385 e. The minimum absolute atomic E-state index is 0.236. The van der Waals surface area contributed by atoms with Gasteiger partial charge in [-0.2, -0.15) is 0 Å². The Morgan fingerprint density at radius 1 is 1.26 bits per heavy atom. The summed E-state index contributed by atoms with van der Waals surface area (Å²) in [5.74, 6) is 0.0136. The lowest BCUT2D eigenvalue weighted by molar-refractivity contribution is 0.0993. The molecule has 27 heavy (non-hydrogen) atoms. The van der Waals surface area contributed by atoms with Crippen molar-refractivity contribution in [1.29, 1.82) is 0 Å². The zero-order valence-corrected chi connectivity index (χ0v) is 15.1. The van der Waals surface area contributed by atoms with Crippen LogP contribution in [0.15, 0.2) is 36.5 Å². The van der Waals surface area contributed by atoms with Crippen molar-refractivity contribution in [2.45, 2.75) is 0 Å². The Hall–Kier alpha value is -3.33. The molecule has 1 aliphatic heterocycles. The van der Waals surface area contributed by atoms with E-state index in [0.29, 0.717) is 11.5 Å². The first-order chi connectivity index (χ1) is 13.2. The van der Waals surface area contributed by atoms with E-state index in [9.17, 15) is 4.79 Å². The first-order valence-corrected chi connectivity index (χ1v) is 8.85. The summed E-state index contributed by atoms with van der Waals surface area (Å²) in [6, 6.07) is 10.1. The van der Waals surface area contributed by atoms with Crippen LogP contribution in [0.4, 0.5) is 22.9 Å². The number of amides is 1. The van der Waals surface area contributed by atoms with Crippen molar-refractivity contribution in [3.05, 3.63) is 42.2 Å². The maximum atomic E-state index is 11.6. The zero-order chi connectivity index (χ0) is 18.8. The van der Waals surface area contributed by atoms with Crippen LogP contribution in [-0.4, -0.2) is 53.7 Å². The third-order valence-corrected chi connectivity index (χ3v) is 4.59. The number of piperazine rings is 1. The maximum absolute atomic E-state index is 11.6. The Morgan fingerprint density at radius 3 is 2.81 bits per heavy atom. The number of nitrogens with zero attached hydrogens (tertiary/aromatic N) is 4. The SMILES string of the molecule is CNc1cc(Nc2cccc(N3CCNCC3)c2)nn2c(C(N)=O)cnc12. The van der Waals surface area contributed by atoms with Crippen molar-refractivity contribution in [2.24, 2.45) is 5.73 Å². The van der Waals surface area contributed by atoms with E-state index in [1.165, 1.54) is 10.7 Å². The van der Waals surface area contributed by atoms with E-state index in [0.717, 1.165) is 43.2 Å². The highest BCUT2D eigenvalue weighted by atomic mass is 16.1. The second kappa shape index (κ2) is 7.12. The van der Waals surface area contributed by atoms with E-state index in [1.54, 1.807) is 7.05 Å². The van der Waals surface area contributed by atoms with E-state index < -0.39 is 5.91 Å². The highest BCUT2D eigenvalue weighted by Gasteiger charge is 2.15. The molecule has 0 bridgehead atoms. The van der Waals surface area contributed by atoms with Gasteiger partial charge in [0.2, 0.25) is 0 Å². The van der Waals surface area contributed by atoms with Crippen molar-refractivity contribution in [3.8, 4) is 0 Å². The molecule has 0 radical (unpaired) electrons. The Bertz CT molecular complexity index is 977. The van der Waals surface area contributed by atoms with Gasteiger partial charge in [-0.05, 0) is 18.2 Å². The molecule has 0 unspecified atom stereocenters. The predicted molar refractivity (Wildman–Crippen MR) is 106 cm³/mol. The average Bonchev–Trinajstić information content (AvgIpc) is 3.12. The van der Waals surface area contributed by atoms with Gasteiger partial charge in [-0.1, -0.05) is 6.07 Å². The van der Waals surface area contributed by atoms with Gasteiger partial charge in [-0.25, -0.2) is 9.50 Å². The van der Waals surface area contributed by atoms with E-state index in [2.05, 4.69) is 43.1 Å². The molecule has 2 aromatic heterocycles. The fraction of sp³-hybridized carbons (Fsp3) is 0.278. The lowest BCUT2D eigenvalue weighted by atomic mass is 10.2. The molecule has 0 spiro atoms. The van der Waals surface area contributed by atoms with Crippen LogP contribution in [0.3, 0.4) is 0 Å². The average molecular weight is 366 g/mol. The van der Waals surface area contributed by atoms with Crippen LogP contribution in [0, 0.1) is 0 Å². The summed E-state index contributed by atoms with van der Waals surface area (Å²) >= 11 is 0. The molecule has 0 saturated carbocycles. The molecule has 1 fully saturated rings. The van der Waals surface area contributed by atoms with Crippen molar-refractivity contribution < 1.29 is 4.79 Å². The van der Waals surface area contributed by atoms with Gasteiger partial charge in [-0.3, -0.25) is 4.79 Å². The molecule has 1 aliphatic rings. The lowest BCUT2D eigenvalue weighted by Gasteiger charge is -2.29. The summed E-state index contributed by atoms with van der Waals surface area (Å²) in [5.41, 5.74) is 9.04. The Morgan fingerprint density at radius 2 is 2.07 bits per heavy atom. The van der Waals surface area contributed by atoms with Crippen LogP contribution >= 0.6 is 0 Å². The van der Waals surface area contributed by atoms with Crippen molar-refractivity contribution in [2.75, 3.05) is 48.8 Å². The van der Waals surface area contributed by atoms with Gasteiger partial charge in [0.1, 0.15) is 5.69 Å². The highest BCUT2D eigenvalue weighted by Crippen LogP contribution is 2.25. The van der Waals surface area contributed by atoms with E-state index in [-0.39, 0.29) is 5.69 Å². The number of nitrogens with one attached hydrogen (secondary N) is 3. The number of primary amides is 1. The van der Waals surface area contributed by atoms with Crippen LogP contribution in [0.5, 0.6) is 0 Å². The summed E-state index contributed by atoms with van der Waals surface area (Å²) in [6.45, 7) is 3.93. The molecule has 1 saturated heterocycles. The first kappa shape index (κ1) is 17.1. The number of fused-ring (bicyclic) bond motifs is 1. The number of anilines is 4. The highest BCUT2D eigenvalue weighted by molar-refractivity contribution is 5.92. The molecule has 1 amide bonds. The zero-order valence-electron chi connectivity index (χ0n) is 15.1. The Balaban J connectivity index is 1.67. The molecule has 3 heterocycles. The number of carbonyl (C=O) groups is 1. The van der Waals surface area contributed by atoms with Gasteiger partial charge >= 0.3 is 0 Å². The van der Waals surface area contributed by atoms with E-state index >= 15 is 0 Å². The summed E-state index contributed by atoms with van der Waals surface area (Å²) in [7, 11) is 1.79. The van der Waals surface area contributed by atoms with Crippen LogP contribution in [0.25, 0.3) is 5.65 Å². The van der Waals surface area contributed by atoms with Crippen molar-refractivity contribution in [1.82, 2.24) is 19.9 Å². The third kappa shape index (κ3) is 3.36. The number of carbonyl (C=O) groups excluding carboxylic acids is 1. The van der Waals surface area contributed by atoms with Gasteiger partial charge in [-0.15, -0.1) is 5.10 Å². The minimum atomic E-state index is -0.574. The van der Waals surface area contributed by atoms with Gasteiger partial charge in [0.25, 0.3) is 5.91 Å². The summed E-state index contributed by atoms with van der Waals surface area (Å²) < 4.78 is 1.46. The minimum Gasteiger partial charge on any atom is -0.385 e. The van der Waals surface area contributed by atoms with Gasteiger partial charge in [0, 0.05) is 50.7 Å². The fourth-order valence-corrected chi connectivity index (χ4v) is 3.23. The van der Waals surface area contributed by atoms with Crippen LogP contribution in [0.2, 0.25) is 0 Å². The summed E-state index contributed by atoms with van der Waals surface area (Å²) in [4.78, 5) is 18.2. The molecule has 3 aromatic rings. The van der Waals surface area contributed by atoms with Gasteiger partial charge in [0.15, 0.2) is 11.5 Å². The standard InChI is InChI=1S/C18H22N8O/c1-20-14-10-16(24-26-15(17(19)27)11-22-18(14)26)23-12-3-2-4-13(9-12)25-7-5-21-6-8-25/h2-4,9-11,20-21H,5-8H2,1H3,(H2,19,27)(H,23,24). The van der Waals surface area contributed by atoms with Crippen LogP contribution in [0.1, 0.15) is 10.5 Å². The van der Waals surface area contributed by atoms with Crippen molar-refractivity contribution in [3.63, 3.8) is 0 Å². The number of hydrogen-bond acceptors (Lipinski definition) is 7. The van der Waals surface area contributed by atoms with E-state index in [4.69, 9.17) is 5.73 Å². The number of benzene rings is 1. The molecule has 1 aromatic carbocycles. The van der Waals surface area contributed by atoms with Crippen molar-refractivity contribution >= 4 is 34.4 Å². The second-order valence-electron chi connectivity index (χ2n) is 6.35. The Kier molecular flexibility index (Phi) is 4.51. The topological polar surface area (TPSA) is 113 Å². The van der Waals surface area contributed by atoms with Crippen LogP contribution in [-0.2, 0) is 0 Å². The van der Waals surface area contributed by atoms with Gasteiger partial charge in [0.05, 0.1) is 11.9 Å². The molecule has 140 valence electrons. The number of hydrogen-bond donors (Lipinski definition) is 4. The maximum Gasteiger partial charge on any atom is 0.269 e. The molecule has 9 heteroatoms. The Labute approximate surface area is 156 Å². The summed E-state index contributed by atoms with van der Waals surface area (Å²) in [5, 5.41) is 14.2. The molecule has 0 aliphatic carbocycles. The monoisotopic (exact) mass is 366 g/mol.